The smallest absolute Gasteiger partial charge is 0.358 e. The third-order valence-electron chi connectivity index (χ3n) is 5.99. The van der Waals surface area contributed by atoms with Crippen LogP contribution in [0.2, 0.25) is 0 Å². The predicted octanol–water partition coefficient (Wildman–Crippen LogP) is 2.88. The lowest BCUT2D eigenvalue weighted by atomic mass is 9.54. The summed E-state index contributed by atoms with van der Waals surface area (Å²) in [7, 11) is 0. The number of aromatic nitrogens is 2. The molecule has 4 fully saturated rings. The number of nitro groups is 1. The minimum atomic E-state index is -0.533. The Kier molecular flexibility index (Phi) is 4.10. The van der Waals surface area contributed by atoms with Crippen LogP contribution < -0.4 is 5.32 Å². The summed E-state index contributed by atoms with van der Waals surface area (Å²) in [6.07, 6.45) is 8.35. The molecule has 0 aromatic carbocycles. The van der Waals surface area contributed by atoms with Crippen LogP contribution in [0.4, 0.5) is 5.82 Å². The third kappa shape index (κ3) is 2.96. The van der Waals surface area contributed by atoms with Gasteiger partial charge in [0.1, 0.15) is 4.47 Å². The maximum Gasteiger partial charge on any atom is 0.404 e. The topological polar surface area (TPSA) is 90.1 Å². The van der Waals surface area contributed by atoms with Crippen molar-refractivity contribution < 1.29 is 9.72 Å². The van der Waals surface area contributed by atoms with Crippen LogP contribution in [0.15, 0.2) is 10.7 Å². The summed E-state index contributed by atoms with van der Waals surface area (Å²) in [5.41, 5.74) is 0. The number of nitrogens with zero attached hydrogens (tertiary/aromatic N) is 3. The van der Waals surface area contributed by atoms with Gasteiger partial charge in [0.25, 0.3) is 0 Å². The number of hydrogen-bond donors (Lipinski definition) is 1. The Labute approximate surface area is 148 Å². The molecule has 1 aromatic rings. The Morgan fingerprint density at radius 2 is 1.92 bits per heavy atom. The fourth-order valence-corrected chi connectivity index (χ4v) is 5.72. The minimum absolute atomic E-state index is 0.0294. The SMILES string of the molecule is O=C(CCn1cc(Br)c([N+](=O)[O-])n1)NC1C2CC3CC(C2)CC1C3. The summed E-state index contributed by atoms with van der Waals surface area (Å²) in [5.74, 6) is 2.92. The predicted molar refractivity (Wildman–Crippen MR) is 90.2 cm³/mol. The maximum atomic E-state index is 12.3. The third-order valence-corrected chi connectivity index (χ3v) is 6.55. The van der Waals surface area contributed by atoms with Gasteiger partial charge < -0.3 is 15.4 Å². The normalized spacial score (nSPS) is 33.6. The van der Waals surface area contributed by atoms with Crippen LogP contribution in [-0.2, 0) is 11.3 Å². The lowest BCUT2D eigenvalue weighted by Gasteiger charge is -2.54. The van der Waals surface area contributed by atoms with E-state index in [1.54, 1.807) is 6.20 Å². The van der Waals surface area contributed by atoms with E-state index in [2.05, 4.69) is 26.3 Å². The zero-order valence-corrected chi connectivity index (χ0v) is 14.9. The van der Waals surface area contributed by atoms with Crippen molar-refractivity contribution in [1.29, 1.82) is 0 Å². The first-order valence-corrected chi connectivity index (χ1v) is 9.45. The number of halogens is 1. The molecule has 0 saturated heterocycles. The molecule has 130 valence electrons. The average Bonchev–Trinajstić information content (AvgIpc) is 2.89. The fraction of sp³-hybridized carbons (Fsp3) is 0.750. The Balaban J connectivity index is 1.32. The van der Waals surface area contributed by atoms with Crippen LogP contribution in [0.1, 0.15) is 38.5 Å². The van der Waals surface area contributed by atoms with Crippen LogP contribution >= 0.6 is 15.9 Å². The van der Waals surface area contributed by atoms with Crippen molar-refractivity contribution >= 4 is 27.7 Å². The van der Waals surface area contributed by atoms with Crippen LogP contribution in [0.25, 0.3) is 0 Å². The molecule has 24 heavy (non-hydrogen) atoms. The standard InChI is InChI=1S/C16H21BrN4O3/c17-13-8-20(19-16(13)21(23)24)2-1-14(22)18-15-11-4-9-3-10(6-11)7-12(15)5-9/h8-12,15H,1-7H2,(H,18,22). The molecular formula is C16H21BrN4O3. The van der Waals surface area contributed by atoms with Crippen molar-refractivity contribution in [2.45, 2.75) is 51.1 Å². The van der Waals surface area contributed by atoms with Gasteiger partial charge in [-0.25, -0.2) is 0 Å². The molecule has 5 rings (SSSR count). The van der Waals surface area contributed by atoms with Crippen molar-refractivity contribution in [3.63, 3.8) is 0 Å². The number of nitrogens with one attached hydrogen (secondary N) is 1. The summed E-state index contributed by atoms with van der Waals surface area (Å²) < 4.78 is 1.80. The van der Waals surface area contributed by atoms with E-state index in [0.717, 1.165) is 11.8 Å². The van der Waals surface area contributed by atoms with E-state index >= 15 is 0 Å². The molecule has 4 saturated carbocycles. The van der Waals surface area contributed by atoms with Crippen LogP contribution in [0.5, 0.6) is 0 Å². The molecule has 4 bridgehead atoms. The van der Waals surface area contributed by atoms with Gasteiger partial charge in [-0.3, -0.25) is 4.79 Å². The molecule has 0 radical (unpaired) electrons. The highest BCUT2D eigenvalue weighted by molar-refractivity contribution is 9.10. The number of aryl methyl sites for hydroxylation is 1. The quantitative estimate of drug-likeness (QED) is 0.611. The van der Waals surface area contributed by atoms with E-state index in [1.165, 1.54) is 36.8 Å². The second-order valence-corrected chi connectivity index (χ2v) is 8.45. The van der Waals surface area contributed by atoms with Crippen molar-refractivity contribution in [2.75, 3.05) is 0 Å². The van der Waals surface area contributed by atoms with E-state index in [9.17, 15) is 14.9 Å². The molecule has 1 amide bonds. The first-order valence-electron chi connectivity index (χ1n) is 8.66. The summed E-state index contributed by atoms with van der Waals surface area (Å²) in [4.78, 5) is 22.6. The lowest BCUT2D eigenvalue weighted by molar-refractivity contribution is -0.390. The van der Waals surface area contributed by atoms with Crippen molar-refractivity contribution in [2.24, 2.45) is 23.7 Å². The van der Waals surface area contributed by atoms with E-state index < -0.39 is 4.92 Å². The van der Waals surface area contributed by atoms with Crippen LogP contribution in [-0.4, -0.2) is 26.7 Å². The van der Waals surface area contributed by atoms with Crippen LogP contribution in [0.3, 0.4) is 0 Å². The molecule has 0 aliphatic heterocycles. The molecule has 4 aliphatic rings. The first kappa shape index (κ1) is 16.1. The zero-order valence-electron chi connectivity index (χ0n) is 13.4. The van der Waals surface area contributed by atoms with Gasteiger partial charge in [-0.2, -0.15) is 4.68 Å². The van der Waals surface area contributed by atoms with Gasteiger partial charge >= 0.3 is 5.82 Å². The molecule has 0 atom stereocenters. The largest absolute Gasteiger partial charge is 0.404 e. The second kappa shape index (κ2) is 6.13. The monoisotopic (exact) mass is 396 g/mol. The molecule has 0 unspecified atom stereocenters. The van der Waals surface area contributed by atoms with Gasteiger partial charge in [-0.1, -0.05) is 0 Å². The van der Waals surface area contributed by atoms with Gasteiger partial charge in [-0.05, 0) is 76.6 Å². The Morgan fingerprint density at radius 1 is 1.29 bits per heavy atom. The van der Waals surface area contributed by atoms with Crippen molar-refractivity contribution in [1.82, 2.24) is 15.1 Å². The summed E-state index contributed by atoms with van der Waals surface area (Å²) >= 11 is 3.12. The molecule has 1 heterocycles. The average molecular weight is 397 g/mol. The first-order chi connectivity index (χ1) is 11.5. The molecular weight excluding hydrogens is 376 g/mol. The van der Waals surface area contributed by atoms with Gasteiger partial charge in [0, 0.05) is 12.5 Å². The summed E-state index contributed by atoms with van der Waals surface area (Å²) in [6.45, 7) is 0.353. The van der Waals surface area contributed by atoms with Gasteiger partial charge in [0.05, 0.1) is 17.8 Å². The van der Waals surface area contributed by atoms with Gasteiger partial charge in [0.2, 0.25) is 5.91 Å². The van der Waals surface area contributed by atoms with E-state index in [4.69, 9.17) is 0 Å². The van der Waals surface area contributed by atoms with Gasteiger partial charge in [-0.15, -0.1) is 0 Å². The number of amides is 1. The highest BCUT2D eigenvalue weighted by Crippen LogP contribution is 2.53. The van der Waals surface area contributed by atoms with Crippen LogP contribution in [0, 0.1) is 33.8 Å². The number of rotatable bonds is 5. The highest BCUT2D eigenvalue weighted by Gasteiger charge is 2.48. The Morgan fingerprint density at radius 3 is 2.46 bits per heavy atom. The Bertz CT molecular complexity index is 646. The van der Waals surface area contributed by atoms with E-state index in [-0.39, 0.29) is 11.7 Å². The highest BCUT2D eigenvalue weighted by atomic mass is 79.9. The number of hydrogen-bond acceptors (Lipinski definition) is 4. The Hall–Kier alpha value is -1.44. The van der Waals surface area contributed by atoms with E-state index in [0.29, 0.717) is 35.3 Å². The van der Waals surface area contributed by atoms with E-state index in [1.807, 2.05) is 0 Å². The zero-order chi connectivity index (χ0) is 16.8. The fourth-order valence-electron chi connectivity index (χ4n) is 5.26. The molecule has 1 N–H and O–H groups in total. The molecule has 7 nitrogen and oxygen atoms in total. The molecule has 8 heteroatoms. The van der Waals surface area contributed by atoms with Gasteiger partial charge in [0.15, 0.2) is 0 Å². The summed E-state index contributed by atoms with van der Waals surface area (Å²) in [6, 6.07) is 0.337. The number of carbonyl (C=O) groups excluding carboxylic acids is 1. The lowest BCUT2D eigenvalue weighted by Crippen LogP contribution is -2.55. The molecule has 4 aliphatic carbocycles. The summed E-state index contributed by atoms with van der Waals surface area (Å²) in [5, 5.41) is 17.9. The van der Waals surface area contributed by atoms with Crippen molar-refractivity contribution in [3.8, 4) is 0 Å². The number of carbonyl (C=O) groups is 1. The minimum Gasteiger partial charge on any atom is -0.358 e. The van der Waals surface area contributed by atoms with Crippen molar-refractivity contribution in [3.05, 3.63) is 20.8 Å². The molecule has 0 spiro atoms. The molecule has 1 aromatic heterocycles. The maximum absolute atomic E-state index is 12.3. The second-order valence-electron chi connectivity index (χ2n) is 7.59.